The van der Waals surface area contributed by atoms with Gasteiger partial charge >= 0.3 is 0 Å². The molecule has 34 heavy (non-hydrogen) atoms. The summed E-state index contributed by atoms with van der Waals surface area (Å²) in [5.41, 5.74) is 8.84. The van der Waals surface area contributed by atoms with Crippen LogP contribution in [0.4, 0.5) is 0 Å². The van der Waals surface area contributed by atoms with Crippen molar-refractivity contribution in [3.63, 3.8) is 0 Å². The monoisotopic (exact) mass is 455 g/mol. The minimum absolute atomic E-state index is 0.119. The Morgan fingerprint density at radius 3 is 2.53 bits per heavy atom. The Morgan fingerprint density at radius 1 is 1.06 bits per heavy atom. The molecule has 174 valence electrons. The number of rotatable bonds is 9. The molecule has 1 amide bonds. The van der Waals surface area contributed by atoms with Gasteiger partial charge in [-0.25, -0.2) is 4.98 Å². The highest BCUT2D eigenvalue weighted by Crippen LogP contribution is 2.28. The van der Waals surface area contributed by atoms with Crippen molar-refractivity contribution < 1.29 is 4.79 Å². The van der Waals surface area contributed by atoms with Gasteiger partial charge in [0.15, 0.2) is 0 Å². The van der Waals surface area contributed by atoms with Gasteiger partial charge in [-0.3, -0.25) is 19.0 Å². The number of carbonyl (C=O) groups is 1. The van der Waals surface area contributed by atoms with E-state index in [0.29, 0.717) is 55.0 Å². The lowest BCUT2D eigenvalue weighted by Gasteiger charge is -2.32. The summed E-state index contributed by atoms with van der Waals surface area (Å²) in [6, 6.07) is 20.2. The predicted molar refractivity (Wildman–Crippen MR) is 133 cm³/mol. The molecule has 0 radical (unpaired) electrons. The number of pyridine rings is 2. The number of aromatic nitrogens is 3. The Bertz CT molecular complexity index is 1310. The summed E-state index contributed by atoms with van der Waals surface area (Å²) in [6.45, 7) is 2.91. The van der Waals surface area contributed by atoms with Gasteiger partial charge in [-0.2, -0.15) is 0 Å². The third-order valence-corrected chi connectivity index (χ3v) is 5.91. The van der Waals surface area contributed by atoms with Crippen molar-refractivity contribution in [2.45, 2.75) is 32.2 Å². The first-order chi connectivity index (χ1) is 16.6. The molecule has 0 aliphatic rings. The molecule has 0 saturated heterocycles. The van der Waals surface area contributed by atoms with Crippen molar-refractivity contribution in [3.8, 4) is 0 Å². The van der Waals surface area contributed by atoms with Gasteiger partial charge in [-0.15, -0.1) is 0 Å². The van der Waals surface area contributed by atoms with Crippen molar-refractivity contribution in [1.29, 1.82) is 0 Å². The van der Waals surface area contributed by atoms with Crippen LogP contribution in [-0.2, 0) is 6.42 Å². The van der Waals surface area contributed by atoms with Crippen LogP contribution in [0.25, 0.3) is 5.65 Å². The summed E-state index contributed by atoms with van der Waals surface area (Å²) < 4.78 is 1.57. The van der Waals surface area contributed by atoms with Crippen LogP contribution >= 0.6 is 0 Å². The van der Waals surface area contributed by atoms with Crippen LogP contribution in [0.2, 0.25) is 0 Å². The molecule has 7 nitrogen and oxygen atoms in total. The van der Waals surface area contributed by atoms with Gasteiger partial charge < -0.3 is 10.6 Å². The SMILES string of the molecule is CCC(c1nc2ccccn2c(=O)c1Cc1ccccc1)N(CCCN)C(=O)c1ccccn1. The first-order valence-electron chi connectivity index (χ1n) is 11.6. The molecule has 1 atom stereocenters. The number of hydrogen-bond donors (Lipinski definition) is 1. The van der Waals surface area contributed by atoms with Crippen molar-refractivity contribution in [2.75, 3.05) is 13.1 Å². The smallest absolute Gasteiger partial charge is 0.273 e. The van der Waals surface area contributed by atoms with Gasteiger partial charge in [0.1, 0.15) is 11.3 Å². The van der Waals surface area contributed by atoms with Crippen molar-refractivity contribution >= 4 is 11.6 Å². The van der Waals surface area contributed by atoms with Crippen LogP contribution in [0.1, 0.15) is 53.1 Å². The minimum Gasteiger partial charge on any atom is -0.330 e. The van der Waals surface area contributed by atoms with Crippen LogP contribution in [-0.4, -0.2) is 38.3 Å². The lowest BCUT2D eigenvalue weighted by molar-refractivity contribution is 0.0658. The van der Waals surface area contributed by atoms with Gasteiger partial charge in [-0.1, -0.05) is 49.4 Å². The van der Waals surface area contributed by atoms with E-state index in [1.165, 1.54) is 0 Å². The van der Waals surface area contributed by atoms with Crippen molar-refractivity contribution in [1.82, 2.24) is 19.3 Å². The lowest BCUT2D eigenvalue weighted by atomic mass is 9.97. The van der Waals surface area contributed by atoms with E-state index in [1.54, 1.807) is 39.9 Å². The molecule has 4 rings (SSSR count). The molecule has 0 spiro atoms. The molecule has 0 saturated carbocycles. The predicted octanol–water partition coefficient (Wildman–Crippen LogP) is 3.62. The second-order valence-electron chi connectivity index (χ2n) is 8.15. The topological polar surface area (TPSA) is 93.6 Å². The number of hydrogen-bond acceptors (Lipinski definition) is 5. The third kappa shape index (κ3) is 4.89. The summed E-state index contributed by atoms with van der Waals surface area (Å²) in [6.07, 6.45) is 5.00. The number of amides is 1. The molecule has 3 aromatic heterocycles. The van der Waals surface area contributed by atoms with Crippen molar-refractivity contribution in [3.05, 3.63) is 112 Å². The lowest BCUT2D eigenvalue weighted by Crippen LogP contribution is -2.39. The normalized spacial score (nSPS) is 11.9. The van der Waals surface area contributed by atoms with Gasteiger partial charge in [0.25, 0.3) is 11.5 Å². The van der Waals surface area contributed by atoms with Crippen LogP contribution in [0.15, 0.2) is 83.9 Å². The molecular formula is C27H29N5O2. The van der Waals surface area contributed by atoms with E-state index in [1.807, 2.05) is 55.5 Å². The maximum Gasteiger partial charge on any atom is 0.273 e. The minimum atomic E-state index is -0.391. The fourth-order valence-corrected chi connectivity index (χ4v) is 4.24. The van der Waals surface area contributed by atoms with Crippen LogP contribution in [0, 0.1) is 0 Å². The third-order valence-electron chi connectivity index (χ3n) is 5.91. The Morgan fingerprint density at radius 2 is 1.82 bits per heavy atom. The van der Waals surface area contributed by atoms with Crippen LogP contribution in [0.5, 0.6) is 0 Å². The number of fused-ring (bicyclic) bond motifs is 1. The van der Waals surface area contributed by atoms with E-state index in [0.717, 1.165) is 5.56 Å². The first kappa shape index (κ1) is 23.3. The van der Waals surface area contributed by atoms with Crippen molar-refractivity contribution in [2.24, 2.45) is 5.73 Å². The Labute approximate surface area is 198 Å². The zero-order valence-corrected chi connectivity index (χ0v) is 19.3. The fourth-order valence-electron chi connectivity index (χ4n) is 4.24. The highest BCUT2D eigenvalue weighted by Gasteiger charge is 2.30. The molecule has 0 fully saturated rings. The average molecular weight is 456 g/mol. The highest BCUT2D eigenvalue weighted by molar-refractivity contribution is 5.92. The van der Waals surface area contributed by atoms with E-state index >= 15 is 0 Å². The first-order valence-corrected chi connectivity index (χ1v) is 11.6. The second-order valence-corrected chi connectivity index (χ2v) is 8.15. The number of nitrogens with two attached hydrogens (primary N) is 1. The number of carbonyl (C=O) groups excluding carboxylic acids is 1. The average Bonchev–Trinajstić information content (AvgIpc) is 2.89. The van der Waals surface area contributed by atoms with E-state index in [2.05, 4.69) is 4.98 Å². The van der Waals surface area contributed by atoms with E-state index in [9.17, 15) is 9.59 Å². The standard InChI is InChI=1S/C27H29N5O2/c1-2-23(31(18-10-15-28)27(34)22-13-6-8-16-29-22)25-21(19-20-11-4-3-5-12-20)26(33)32-17-9-7-14-24(32)30-25/h3-9,11-14,16-17,23H,2,10,15,18-19,28H2,1H3. The largest absolute Gasteiger partial charge is 0.330 e. The molecule has 0 bridgehead atoms. The fraction of sp³-hybridized carbons (Fsp3) is 0.259. The molecule has 1 aromatic carbocycles. The van der Waals surface area contributed by atoms with Crippen LogP contribution < -0.4 is 11.3 Å². The van der Waals surface area contributed by atoms with Gasteiger partial charge in [-0.05, 0) is 49.2 Å². The van der Waals surface area contributed by atoms with E-state index in [4.69, 9.17) is 10.7 Å². The summed E-state index contributed by atoms with van der Waals surface area (Å²) in [5.74, 6) is -0.193. The van der Waals surface area contributed by atoms with Gasteiger partial charge in [0.2, 0.25) is 0 Å². The maximum absolute atomic E-state index is 13.6. The number of nitrogens with zero attached hydrogens (tertiary/aromatic N) is 4. The van der Waals surface area contributed by atoms with Crippen LogP contribution in [0.3, 0.4) is 0 Å². The molecule has 7 heteroatoms. The zero-order chi connectivity index (χ0) is 23.9. The number of benzene rings is 1. The molecular weight excluding hydrogens is 426 g/mol. The highest BCUT2D eigenvalue weighted by atomic mass is 16.2. The maximum atomic E-state index is 13.6. The quantitative estimate of drug-likeness (QED) is 0.416. The van der Waals surface area contributed by atoms with Gasteiger partial charge in [0.05, 0.1) is 11.7 Å². The second kappa shape index (κ2) is 10.9. The Kier molecular flexibility index (Phi) is 7.44. The molecule has 3 heterocycles. The summed E-state index contributed by atoms with van der Waals surface area (Å²) in [5, 5.41) is 0. The van der Waals surface area contributed by atoms with E-state index < -0.39 is 6.04 Å². The Hall–Kier alpha value is -3.84. The van der Waals surface area contributed by atoms with E-state index in [-0.39, 0.29) is 11.5 Å². The molecule has 0 aliphatic heterocycles. The molecule has 4 aromatic rings. The Balaban J connectivity index is 1.87. The summed E-state index contributed by atoms with van der Waals surface area (Å²) >= 11 is 0. The summed E-state index contributed by atoms with van der Waals surface area (Å²) in [7, 11) is 0. The molecule has 0 aliphatic carbocycles. The molecule has 2 N–H and O–H groups in total. The molecule has 1 unspecified atom stereocenters. The summed E-state index contributed by atoms with van der Waals surface area (Å²) in [4.78, 5) is 38.2. The van der Waals surface area contributed by atoms with Gasteiger partial charge in [0, 0.05) is 30.9 Å². The zero-order valence-electron chi connectivity index (χ0n) is 19.3.